The quantitative estimate of drug-likeness (QED) is 0.228. The predicted molar refractivity (Wildman–Crippen MR) is 148 cm³/mol. The Morgan fingerprint density at radius 1 is 0.605 bits per heavy atom. The smallest absolute Gasteiger partial charge is 0.229 e. The molecule has 5 nitrogen and oxygen atoms in total. The molecular weight excluding hydrogens is 470 g/mol. The second kappa shape index (κ2) is 8.85. The van der Waals surface area contributed by atoms with E-state index >= 15 is 0 Å². The maximum Gasteiger partial charge on any atom is 0.229 e. The van der Waals surface area contributed by atoms with Crippen LogP contribution in [0.3, 0.4) is 0 Å². The molecule has 5 rings (SSSR count). The number of nitrogens with zero attached hydrogens (tertiary/aromatic N) is 3. The van der Waals surface area contributed by atoms with Gasteiger partial charge in [0.1, 0.15) is 17.1 Å². The van der Waals surface area contributed by atoms with Gasteiger partial charge in [-0.1, -0.05) is 71.9 Å². The van der Waals surface area contributed by atoms with Crippen molar-refractivity contribution >= 4 is 11.6 Å². The lowest BCUT2D eigenvalue weighted by Crippen LogP contribution is -2.23. The van der Waals surface area contributed by atoms with Crippen LogP contribution < -0.4 is 0 Å². The molecule has 0 unspecified atom stereocenters. The van der Waals surface area contributed by atoms with Crippen molar-refractivity contribution in [3.63, 3.8) is 0 Å². The van der Waals surface area contributed by atoms with Crippen LogP contribution in [0.15, 0.2) is 66.7 Å². The molecule has 8 bridgehead atoms. The number of carbonyl (C=O) groups is 2. The van der Waals surface area contributed by atoms with E-state index in [0.29, 0.717) is 16.8 Å². The summed E-state index contributed by atoms with van der Waals surface area (Å²) in [6.07, 6.45) is 0. The number of benzene rings is 2. The zero-order chi connectivity index (χ0) is 27.4. The van der Waals surface area contributed by atoms with Gasteiger partial charge in [-0.15, -0.1) is 0 Å². The third-order valence-corrected chi connectivity index (χ3v) is 6.85. The number of hydrogen-bond acceptors (Lipinski definition) is 5. The fourth-order valence-corrected chi connectivity index (χ4v) is 5.29. The van der Waals surface area contributed by atoms with E-state index in [4.69, 9.17) is 4.98 Å². The van der Waals surface area contributed by atoms with Crippen molar-refractivity contribution in [1.29, 1.82) is 5.26 Å². The van der Waals surface area contributed by atoms with Gasteiger partial charge in [-0.3, -0.25) is 9.59 Å². The first-order valence-corrected chi connectivity index (χ1v) is 12.7. The summed E-state index contributed by atoms with van der Waals surface area (Å²) in [4.78, 5) is 36.1. The Morgan fingerprint density at radius 2 is 1.08 bits per heavy atom. The first-order valence-electron chi connectivity index (χ1n) is 12.7. The summed E-state index contributed by atoms with van der Waals surface area (Å²) in [6.45, 7) is 12.5. The predicted octanol–water partition coefficient (Wildman–Crippen LogP) is 7.05. The molecule has 2 aromatic carbocycles. The first kappa shape index (κ1) is 25.2. The van der Waals surface area contributed by atoms with Gasteiger partial charge in [-0.25, -0.2) is 9.97 Å². The third kappa shape index (κ3) is 4.22. The van der Waals surface area contributed by atoms with Gasteiger partial charge in [-0.05, 0) is 69.5 Å². The van der Waals surface area contributed by atoms with Gasteiger partial charge in [0.2, 0.25) is 11.6 Å². The fraction of sp³-hybridized carbons (Fsp3) is 0.242. The molecule has 3 heterocycles. The van der Waals surface area contributed by atoms with Crippen molar-refractivity contribution in [1.82, 2.24) is 9.97 Å². The molecule has 5 heteroatoms. The van der Waals surface area contributed by atoms with Crippen molar-refractivity contribution < 1.29 is 9.59 Å². The van der Waals surface area contributed by atoms with Crippen LogP contribution >= 0.6 is 0 Å². The maximum atomic E-state index is 13.5. The normalized spacial score (nSPS) is 13.1. The Balaban J connectivity index is 2.00. The second-order valence-corrected chi connectivity index (χ2v) is 11.8. The SMILES string of the molecule is CC(C)(C)c1c2cc(c(C(C)(C)C)c1C#N)-c1cccc(n1)C(=O)c1cccc(n1)C(=O)c1cccc-2c1. The highest BCUT2D eigenvalue weighted by molar-refractivity contribution is 6.11. The van der Waals surface area contributed by atoms with Crippen molar-refractivity contribution in [3.05, 3.63) is 106 Å². The number of carbonyl (C=O) groups excluding carboxylic acids is 2. The molecule has 0 fully saturated rings. The summed E-state index contributed by atoms with van der Waals surface area (Å²) in [7, 11) is 0. The van der Waals surface area contributed by atoms with Crippen molar-refractivity contribution in [2.24, 2.45) is 0 Å². The molecular formula is C33H29N3O2. The Hall–Kier alpha value is -4.43. The van der Waals surface area contributed by atoms with Gasteiger partial charge in [0.25, 0.3) is 0 Å². The largest absolute Gasteiger partial charge is 0.287 e. The molecule has 0 saturated heterocycles. The van der Waals surface area contributed by atoms with Gasteiger partial charge >= 0.3 is 0 Å². The Bertz CT molecular complexity index is 1570. The summed E-state index contributed by atoms with van der Waals surface area (Å²) in [5, 5.41) is 10.6. The highest BCUT2D eigenvalue weighted by Gasteiger charge is 2.33. The molecule has 1 aliphatic heterocycles. The average Bonchev–Trinajstić information content (AvgIpc) is 2.89. The molecule has 0 spiro atoms. The van der Waals surface area contributed by atoms with Crippen molar-refractivity contribution in [2.45, 2.75) is 52.4 Å². The number of hydrogen-bond donors (Lipinski definition) is 0. The molecule has 2 aromatic heterocycles. The third-order valence-electron chi connectivity index (χ3n) is 6.85. The minimum absolute atomic E-state index is 0.159. The van der Waals surface area contributed by atoms with Gasteiger partial charge in [0, 0.05) is 11.1 Å². The lowest BCUT2D eigenvalue weighted by molar-refractivity contribution is 0.102. The van der Waals surface area contributed by atoms with Crippen molar-refractivity contribution in [2.75, 3.05) is 0 Å². The molecule has 38 heavy (non-hydrogen) atoms. The highest BCUT2D eigenvalue weighted by atomic mass is 16.1. The Labute approximate surface area is 223 Å². The molecule has 0 N–H and O–H groups in total. The summed E-state index contributed by atoms with van der Waals surface area (Å²) < 4.78 is 0. The maximum absolute atomic E-state index is 13.5. The molecule has 0 saturated carbocycles. The van der Waals surface area contributed by atoms with Crippen LogP contribution in [-0.4, -0.2) is 21.5 Å². The van der Waals surface area contributed by atoms with Gasteiger partial charge in [0.15, 0.2) is 0 Å². The van der Waals surface area contributed by atoms with Gasteiger partial charge in [-0.2, -0.15) is 5.26 Å². The number of fused-ring (bicyclic) bond motifs is 10. The van der Waals surface area contributed by atoms with E-state index in [0.717, 1.165) is 27.8 Å². The van der Waals surface area contributed by atoms with E-state index in [1.54, 1.807) is 36.4 Å². The van der Waals surface area contributed by atoms with E-state index in [1.165, 1.54) is 0 Å². The number of ketones is 2. The lowest BCUT2D eigenvalue weighted by Gasteiger charge is -2.32. The molecule has 0 atom stereocenters. The number of nitriles is 1. The van der Waals surface area contributed by atoms with Crippen LogP contribution in [0.4, 0.5) is 0 Å². The van der Waals surface area contributed by atoms with Crippen LogP contribution in [-0.2, 0) is 10.8 Å². The van der Waals surface area contributed by atoms with E-state index in [2.05, 4.69) is 58.7 Å². The minimum atomic E-state index is -0.389. The standard InChI is InChI=1S/C33H29N3O2/c1-32(2,3)28-21-17-22(29(23(28)18-34)33(4,5)6)24-12-8-14-26(35-24)31(38)27-15-9-13-25(36-27)30(37)20-11-7-10-19(21)16-20/h7-17H,1-6H3. The molecule has 188 valence electrons. The van der Waals surface area contributed by atoms with Crippen LogP contribution in [0.5, 0.6) is 0 Å². The van der Waals surface area contributed by atoms with E-state index in [-0.39, 0.29) is 39.5 Å². The molecule has 1 aliphatic rings. The molecule has 0 amide bonds. The summed E-state index contributed by atoms with van der Waals surface area (Å²) >= 11 is 0. The topological polar surface area (TPSA) is 83.7 Å². The summed E-state index contributed by atoms with van der Waals surface area (Å²) in [5.74, 6) is -0.638. The number of aromatic nitrogens is 2. The highest BCUT2D eigenvalue weighted by Crippen LogP contribution is 2.45. The average molecular weight is 500 g/mol. The Morgan fingerprint density at radius 3 is 1.66 bits per heavy atom. The van der Waals surface area contributed by atoms with Gasteiger partial charge in [0.05, 0.1) is 17.3 Å². The fourth-order valence-electron chi connectivity index (χ4n) is 5.29. The van der Waals surface area contributed by atoms with Gasteiger partial charge < -0.3 is 0 Å². The second-order valence-electron chi connectivity index (χ2n) is 11.8. The first-order chi connectivity index (χ1) is 17.9. The Kier molecular flexibility index (Phi) is 5.87. The van der Waals surface area contributed by atoms with E-state index in [9.17, 15) is 14.9 Å². The zero-order valence-corrected chi connectivity index (χ0v) is 22.5. The van der Waals surface area contributed by atoms with Crippen LogP contribution in [0, 0.1) is 11.3 Å². The van der Waals surface area contributed by atoms with E-state index < -0.39 is 0 Å². The zero-order valence-electron chi connectivity index (χ0n) is 22.5. The molecule has 4 aromatic rings. The summed E-state index contributed by atoms with van der Waals surface area (Å²) in [6, 6.07) is 22.2. The lowest BCUT2D eigenvalue weighted by atomic mass is 9.71. The van der Waals surface area contributed by atoms with Crippen LogP contribution in [0.2, 0.25) is 0 Å². The van der Waals surface area contributed by atoms with E-state index in [1.807, 2.05) is 24.3 Å². The summed E-state index contributed by atoms with van der Waals surface area (Å²) in [5.41, 5.74) is 5.79. The monoisotopic (exact) mass is 499 g/mol. The molecule has 0 aliphatic carbocycles. The van der Waals surface area contributed by atoms with Crippen LogP contribution in [0.1, 0.15) is 90.5 Å². The van der Waals surface area contributed by atoms with Crippen molar-refractivity contribution in [3.8, 4) is 28.5 Å². The number of rotatable bonds is 0. The van der Waals surface area contributed by atoms with Crippen LogP contribution in [0.25, 0.3) is 22.4 Å². The minimum Gasteiger partial charge on any atom is -0.287 e. The number of pyridine rings is 2. The molecule has 0 radical (unpaired) electrons.